The van der Waals surface area contributed by atoms with E-state index in [1.165, 1.54) is 38.2 Å². The number of piperazine rings is 1. The van der Waals surface area contributed by atoms with Crippen LogP contribution in [0, 0.1) is 0 Å². The Morgan fingerprint density at radius 2 is 1.48 bits per heavy atom. The molecule has 1 amide bonds. The SMILES string of the molecule is CC(=O)Nc1ccc(S(=O)(=O)N2CCN(C3CCC(c4ccccc4)CC3)CC2)cc1. The molecule has 7 heteroatoms. The minimum absolute atomic E-state index is 0.176. The van der Waals surface area contributed by atoms with Crippen LogP contribution < -0.4 is 5.32 Å². The maximum absolute atomic E-state index is 13.0. The molecule has 166 valence electrons. The second-order valence-electron chi connectivity index (χ2n) is 8.56. The lowest BCUT2D eigenvalue weighted by Crippen LogP contribution is -2.52. The van der Waals surface area contributed by atoms with E-state index in [9.17, 15) is 13.2 Å². The fourth-order valence-corrected chi connectivity index (χ4v) is 6.29. The van der Waals surface area contributed by atoms with E-state index in [1.54, 1.807) is 28.6 Å². The van der Waals surface area contributed by atoms with Gasteiger partial charge in [0.25, 0.3) is 0 Å². The van der Waals surface area contributed by atoms with Crippen LogP contribution in [0.4, 0.5) is 5.69 Å². The predicted octanol–water partition coefficient (Wildman–Crippen LogP) is 3.68. The van der Waals surface area contributed by atoms with Gasteiger partial charge in [-0.1, -0.05) is 30.3 Å². The van der Waals surface area contributed by atoms with Crippen molar-refractivity contribution in [3.63, 3.8) is 0 Å². The van der Waals surface area contributed by atoms with Gasteiger partial charge >= 0.3 is 0 Å². The number of rotatable bonds is 5. The summed E-state index contributed by atoms with van der Waals surface area (Å²) in [5.74, 6) is 0.476. The molecule has 1 aliphatic heterocycles. The molecule has 2 fully saturated rings. The van der Waals surface area contributed by atoms with E-state index in [-0.39, 0.29) is 10.8 Å². The third-order valence-corrected chi connectivity index (χ3v) is 8.48. The van der Waals surface area contributed by atoms with Crippen LogP contribution in [0.25, 0.3) is 0 Å². The average molecular weight is 442 g/mol. The molecule has 4 rings (SSSR count). The van der Waals surface area contributed by atoms with Crippen molar-refractivity contribution in [3.8, 4) is 0 Å². The highest BCUT2D eigenvalue weighted by molar-refractivity contribution is 7.89. The summed E-state index contributed by atoms with van der Waals surface area (Å²) < 4.78 is 27.6. The molecule has 0 radical (unpaired) electrons. The minimum atomic E-state index is -3.51. The van der Waals surface area contributed by atoms with E-state index in [2.05, 4.69) is 40.5 Å². The molecule has 0 aromatic heterocycles. The van der Waals surface area contributed by atoms with Crippen molar-refractivity contribution in [3.05, 3.63) is 60.2 Å². The van der Waals surface area contributed by atoms with Crippen LogP contribution in [0.1, 0.15) is 44.1 Å². The second kappa shape index (κ2) is 9.51. The van der Waals surface area contributed by atoms with Crippen molar-refractivity contribution in [2.75, 3.05) is 31.5 Å². The second-order valence-corrected chi connectivity index (χ2v) is 10.5. The zero-order valence-corrected chi connectivity index (χ0v) is 18.9. The number of hydrogen-bond donors (Lipinski definition) is 1. The van der Waals surface area contributed by atoms with E-state index >= 15 is 0 Å². The summed E-state index contributed by atoms with van der Waals surface area (Å²) >= 11 is 0. The van der Waals surface area contributed by atoms with Crippen LogP contribution in [0.5, 0.6) is 0 Å². The zero-order valence-electron chi connectivity index (χ0n) is 18.0. The van der Waals surface area contributed by atoms with Crippen LogP contribution in [0.2, 0.25) is 0 Å². The van der Waals surface area contributed by atoms with E-state index < -0.39 is 10.0 Å². The molecule has 31 heavy (non-hydrogen) atoms. The normalized spacial score (nSPS) is 23.4. The van der Waals surface area contributed by atoms with Gasteiger partial charge in [-0.25, -0.2) is 8.42 Å². The smallest absolute Gasteiger partial charge is 0.243 e. The van der Waals surface area contributed by atoms with E-state index in [0.29, 0.717) is 30.7 Å². The molecular formula is C24H31N3O3S. The van der Waals surface area contributed by atoms with Gasteiger partial charge in [-0.05, 0) is 61.4 Å². The number of sulfonamides is 1. The summed E-state index contributed by atoms with van der Waals surface area (Å²) in [7, 11) is -3.51. The molecule has 0 atom stereocenters. The van der Waals surface area contributed by atoms with Crippen LogP contribution in [0.3, 0.4) is 0 Å². The Balaban J connectivity index is 1.31. The molecule has 0 unspecified atom stereocenters. The Bertz CT molecular complexity index is 976. The highest BCUT2D eigenvalue weighted by Crippen LogP contribution is 2.35. The van der Waals surface area contributed by atoms with Gasteiger partial charge < -0.3 is 5.32 Å². The maximum atomic E-state index is 13.0. The summed E-state index contributed by atoms with van der Waals surface area (Å²) in [6.45, 7) is 4.04. The number of benzene rings is 2. The third-order valence-electron chi connectivity index (χ3n) is 6.57. The van der Waals surface area contributed by atoms with Gasteiger partial charge in [0.1, 0.15) is 0 Å². The molecule has 1 N–H and O–H groups in total. The molecule has 1 saturated heterocycles. The highest BCUT2D eigenvalue weighted by atomic mass is 32.2. The number of nitrogens with one attached hydrogen (secondary N) is 1. The molecule has 2 aromatic rings. The van der Waals surface area contributed by atoms with Crippen LogP contribution in [-0.4, -0.2) is 55.8 Å². The molecule has 2 aromatic carbocycles. The molecule has 1 aliphatic carbocycles. The van der Waals surface area contributed by atoms with Crippen LogP contribution in [0.15, 0.2) is 59.5 Å². The Labute approximate surface area is 185 Å². The van der Waals surface area contributed by atoms with Crippen LogP contribution >= 0.6 is 0 Å². The standard InChI is InChI=1S/C24H31N3O3S/c1-19(28)25-22-9-13-24(14-10-22)31(29,30)27-17-15-26(16-18-27)23-11-7-21(8-12-23)20-5-3-2-4-6-20/h2-6,9-10,13-14,21,23H,7-8,11-12,15-18H2,1H3,(H,25,28). The number of hydrogen-bond acceptors (Lipinski definition) is 4. The molecule has 0 spiro atoms. The van der Waals surface area contributed by atoms with Gasteiger partial charge in [0.15, 0.2) is 0 Å². The Morgan fingerprint density at radius 3 is 2.06 bits per heavy atom. The van der Waals surface area contributed by atoms with Gasteiger partial charge in [0, 0.05) is 44.8 Å². The lowest BCUT2D eigenvalue weighted by atomic mass is 9.81. The summed E-state index contributed by atoms with van der Waals surface area (Å²) in [5.41, 5.74) is 2.05. The van der Waals surface area contributed by atoms with Crippen molar-refractivity contribution in [1.29, 1.82) is 0 Å². The molecule has 1 heterocycles. The summed E-state index contributed by atoms with van der Waals surface area (Å²) in [6.07, 6.45) is 4.76. The Morgan fingerprint density at radius 1 is 0.871 bits per heavy atom. The van der Waals surface area contributed by atoms with E-state index in [4.69, 9.17) is 0 Å². The molecule has 6 nitrogen and oxygen atoms in total. The van der Waals surface area contributed by atoms with Crippen molar-refractivity contribution in [2.45, 2.75) is 49.5 Å². The van der Waals surface area contributed by atoms with Gasteiger partial charge in [0.2, 0.25) is 15.9 Å². The van der Waals surface area contributed by atoms with Gasteiger partial charge in [-0.3, -0.25) is 9.69 Å². The van der Waals surface area contributed by atoms with Crippen molar-refractivity contribution < 1.29 is 13.2 Å². The number of carbonyl (C=O) groups is 1. The monoisotopic (exact) mass is 441 g/mol. The number of amides is 1. The first-order chi connectivity index (χ1) is 14.9. The molecule has 0 bridgehead atoms. The molecular weight excluding hydrogens is 410 g/mol. The third kappa shape index (κ3) is 5.17. The Kier molecular flexibility index (Phi) is 6.74. The highest BCUT2D eigenvalue weighted by Gasteiger charge is 2.33. The molecule has 2 aliphatic rings. The average Bonchev–Trinajstić information content (AvgIpc) is 2.80. The largest absolute Gasteiger partial charge is 0.326 e. The topological polar surface area (TPSA) is 69.7 Å². The summed E-state index contributed by atoms with van der Waals surface area (Å²) in [6, 6.07) is 17.7. The molecule has 1 saturated carbocycles. The fourth-order valence-electron chi connectivity index (χ4n) is 4.87. The van der Waals surface area contributed by atoms with Crippen molar-refractivity contribution in [2.24, 2.45) is 0 Å². The quantitative estimate of drug-likeness (QED) is 0.769. The van der Waals surface area contributed by atoms with Crippen molar-refractivity contribution in [1.82, 2.24) is 9.21 Å². The summed E-state index contributed by atoms with van der Waals surface area (Å²) in [5, 5.41) is 2.66. The van der Waals surface area contributed by atoms with E-state index in [1.807, 2.05) is 0 Å². The number of anilines is 1. The zero-order chi connectivity index (χ0) is 21.8. The van der Waals surface area contributed by atoms with Crippen LogP contribution in [-0.2, 0) is 14.8 Å². The van der Waals surface area contributed by atoms with Gasteiger partial charge in [0.05, 0.1) is 4.90 Å². The predicted molar refractivity (Wildman–Crippen MR) is 123 cm³/mol. The Hall–Kier alpha value is -2.22. The lowest BCUT2D eigenvalue weighted by molar-refractivity contribution is -0.114. The fraction of sp³-hybridized carbons (Fsp3) is 0.458. The van der Waals surface area contributed by atoms with Gasteiger partial charge in [-0.15, -0.1) is 0 Å². The number of carbonyl (C=O) groups excluding carboxylic acids is 1. The maximum Gasteiger partial charge on any atom is 0.243 e. The minimum Gasteiger partial charge on any atom is -0.326 e. The van der Waals surface area contributed by atoms with Gasteiger partial charge in [-0.2, -0.15) is 4.31 Å². The first-order valence-electron chi connectivity index (χ1n) is 11.1. The van der Waals surface area contributed by atoms with Crippen molar-refractivity contribution >= 4 is 21.6 Å². The number of nitrogens with zero attached hydrogens (tertiary/aromatic N) is 2. The summed E-state index contributed by atoms with van der Waals surface area (Å²) in [4.78, 5) is 13.9. The lowest BCUT2D eigenvalue weighted by Gasteiger charge is -2.41. The first-order valence-corrected chi connectivity index (χ1v) is 12.5. The first kappa shape index (κ1) is 22.0. The van der Waals surface area contributed by atoms with E-state index in [0.717, 1.165) is 13.1 Å².